The topological polar surface area (TPSA) is 9.23 Å². The molecule has 0 heterocycles. The lowest BCUT2D eigenvalue weighted by molar-refractivity contribution is 0.188. The van der Waals surface area contributed by atoms with Crippen LogP contribution in [0.2, 0.25) is 0 Å². The molecule has 1 atom stereocenters. The van der Waals surface area contributed by atoms with Gasteiger partial charge in [-0.1, -0.05) is 20.8 Å². The Labute approximate surface area is 75.8 Å². The van der Waals surface area contributed by atoms with E-state index in [4.69, 9.17) is 4.74 Å². The van der Waals surface area contributed by atoms with Crippen LogP contribution in [0.25, 0.3) is 0 Å². The molecule has 70 valence electrons. The van der Waals surface area contributed by atoms with Crippen molar-refractivity contribution in [1.29, 1.82) is 0 Å². The fraction of sp³-hybridized carbons (Fsp3) is 0.818. The Morgan fingerprint density at radius 2 is 2.08 bits per heavy atom. The molecule has 0 bridgehead atoms. The second kappa shape index (κ2) is 3.51. The summed E-state index contributed by atoms with van der Waals surface area (Å²) in [7, 11) is 1.77. The molecule has 1 aliphatic carbocycles. The third kappa shape index (κ3) is 2.26. The highest BCUT2D eigenvalue weighted by Crippen LogP contribution is 2.36. The molecule has 0 N–H and O–H groups in total. The van der Waals surface area contributed by atoms with E-state index in [2.05, 4.69) is 26.8 Å². The summed E-state index contributed by atoms with van der Waals surface area (Å²) >= 11 is 0. The molecule has 0 saturated heterocycles. The lowest BCUT2D eigenvalue weighted by Crippen LogP contribution is -2.22. The van der Waals surface area contributed by atoms with E-state index in [0.717, 1.165) is 12.3 Å². The molecule has 0 spiro atoms. The summed E-state index contributed by atoms with van der Waals surface area (Å²) in [6.45, 7) is 6.97. The predicted octanol–water partition coefficient (Wildman–Crippen LogP) is 3.36. The minimum absolute atomic E-state index is 0.454. The normalized spacial score (nSPS) is 25.0. The summed E-state index contributed by atoms with van der Waals surface area (Å²) in [6.07, 6.45) is 5.84. The molecular weight excluding hydrogens is 148 g/mol. The van der Waals surface area contributed by atoms with Crippen molar-refractivity contribution in [3.8, 4) is 0 Å². The third-order valence-electron chi connectivity index (χ3n) is 2.86. The van der Waals surface area contributed by atoms with Crippen molar-refractivity contribution in [3.05, 3.63) is 11.8 Å². The van der Waals surface area contributed by atoms with Crippen LogP contribution in [0.1, 0.15) is 40.0 Å². The molecule has 0 aromatic carbocycles. The average Bonchev–Trinajstić information content (AvgIpc) is 2.03. The van der Waals surface area contributed by atoms with E-state index < -0.39 is 0 Å². The van der Waals surface area contributed by atoms with Gasteiger partial charge in [0, 0.05) is 6.42 Å². The minimum Gasteiger partial charge on any atom is -0.501 e. The van der Waals surface area contributed by atoms with Gasteiger partial charge in [-0.15, -0.1) is 0 Å². The van der Waals surface area contributed by atoms with Crippen LogP contribution in [-0.4, -0.2) is 7.11 Å². The second-order valence-electron chi connectivity index (χ2n) is 4.71. The standard InChI is InChI=1S/C11H20O/c1-11(2,3)9-5-7-10(12-4)8-6-9/h7,9H,5-6,8H2,1-4H3. The van der Waals surface area contributed by atoms with Gasteiger partial charge in [-0.25, -0.2) is 0 Å². The highest BCUT2D eigenvalue weighted by atomic mass is 16.5. The maximum Gasteiger partial charge on any atom is 0.0915 e. The lowest BCUT2D eigenvalue weighted by atomic mass is 9.74. The van der Waals surface area contributed by atoms with Crippen molar-refractivity contribution in [2.24, 2.45) is 11.3 Å². The van der Waals surface area contributed by atoms with Crippen molar-refractivity contribution in [2.45, 2.75) is 40.0 Å². The van der Waals surface area contributed by atoms with Crippen LogP contribution in [0.5, 0.6) is 0 Å². The Kier molecular flexibility index (Phi) is 2.81. The van der Waals surface area contributed by atoms with Crippen molar-refractivity contribution in [3.63, 3.8) is 0 Å². The molecule has 0 amide bonds. The van der Waals surface area contributed by atoms with Crippen LogP contribution < -0.4 is 0 Å². The van der Waals surface area contributed by atoms with E-state index in [-0.39, 0.29) is 0 Å². The largest absolute Gasteiger partial charge is 0.501 e. The summed E-state index contributed by atoms with van der Waals surface area (Å²) in [5.74, 6) is 2.01. The highest BCUT2D eigenvalue weighted by molar-refractivity contribution is 5.00. The molecule has 0 saturated carbocycles. The van der Waals surface area contributed by atoms with Crippen LogP contribution in [0.15, 0.2) is 11.8 Å². The van der Waals surface area contributed by atoms with Crippen LogP contribution in [0, 0.1) is 11.3 Å². The van der Waals surface area contributed by atoms with Gasteiger partial charge in [-0.2, -0.15) is 0 Å². The maximum atomic E-state index is 5.21. The fourth-order valence-corrected chi connectivity index (χ4v) is 1.78. The van der Waals surface area contributed by atoms with Gasteiger partial charge in [0.05, 0.1) is 12.9 Å². The molecule has 0 radical (unpaired) electrons. The quantitative estimate of drug-likeness (QED) is 0.583. The number of hydrogen-bond donors (Lipinski definition) is 0. The smallest absolute Gasteiger partial charge is 0.0915 e. The van der Waals surface area contributed by atoms with Gasteiger partial charge in [0.25, 0.3) is 0 Å². The number of ether oxygens (including phenoxy) is 1. The van der Waals surface area contributed by atoms with E-state index in [1.807, 2.05) is 0 Å². The van der Waals surface area contributed by atoms with Gasteiger partial charge in [-0.3, -0.25) is 0 Å². The van der Waals surface area contributed by atoms with Crippen LogP contribution in [0.4, 0.5) is 0 Å². The summed E-state index contributed by atoms with van der Waals surface area (Å²) < 4.78 is 5.21. The van der Waals surface area contributed by atoms with Gasteiger partial charge < -0.3 is 4.74 Å². The van der Waals surface area contributed by atoms with E-state index in [0.29, 0.717) is 5.41 Å². The van der Waals surface area contributed by atoms with Crippen LogP contribution >= 0.6 is 0 Å². The van der Waals surface area contributed by atoms with Gasteiger partial charge >= 0.3 is 0 Å². The molecule has 0 aromatic rings. The van der Waals surface area contributed by atoms with Crippen LogP contribution in [-0.2, 0) is 4.74 Å². The van der Waals surface area contributed by atoms with E-state index in [9.17, 15) is 0 Å². The third-order valence-corrected chi connectivity index (χ3v) is 2.86. The monoisotopic (exact) mass is 168 g/mol. The molecule has 12 heavy (non-hydrogen) atoms. The first-order valence-electron chi connectivity index (χ1n) is 4.77. The molecule has 1 heteroatoms. The molecule has 0 fully saturated rings. The molecule has 0 aliphatic heterocycles. The zero-order valence-electron chi connectivity index (χ0n) is 8.68. The van der Waals surface area contributed by atoms with E-state index >= 15 is 0 Å². The SMILES string of the molecule is COC1=CCC(C(C)(C)C)CC1. The highest BCUT2D eigenvalue weighted by Gasteiger charge is 2.26. The van der Waals surface area contributed by atoms with Gasteiger partial charge in [0.15, 0.2) is 0 Å². The predicted molar refractivity (Wildman–Crippen MR) is 51.9 cm³/mol. The van der Waals surface area contributed by atoms with Crippen molar-refractivity contribution >= 4 is 0 Å². The van der Waals surface area contributed by atoms with Crippen molar-refractivity contribution < 1.29 is 4.74 Å². The van der Waals surface area contributed by atoms with Gasteiger partial charge in [-0.05, 0) is 30.3 Å². The second-order valence-corrected chi connectivity index (χ2v) is 4.71. The fourth-order valence-electron chi connectivity index (χ4n) is 1.78. The van der Waals surface area contributed by atoms with Gasteiger partial charge in [0.2, 0.25) is 0 Å². The Hall–Kier alpha value is -0.460. The Bertz CT molecular complexity index is 174. The average molecular weight is 168 g/mol. The lowest BCUT2D eigenvalue weighted by Gasteiger charge is -2.32. The molecular formula is C11H20O. The molecule has 1 rings (SSSR count). The molecule has 0 aromatic heterocycles. The molecule has 1 nitrogen and oxygen atoms in total. The zero-order chi connectivity index (χ0) is 9.19. The summed E-state index contributed by atoms with van der Waals surface area (Å²) in [5, 5.41) is 0. The first-order valence-corrected chi connectivity index (χ1v) is 4.77. The molecule has 1 aliphatic rings. The molecule has 1 unspecified atom stereocenters. The number of rotatable bonds is 1. The Morgan fingerprint density at radius 3 is 2.42 bits per heavy atom. The Morgan fingerprint density at radius 1 is 1.42 bits per heavy atom. The first-order chi connectivity index (χ1) is 5.54. The number of allylic oxidation sites excluding steroid dienone is 2. The van der Waals surface area contributed by atoms with Gasteiger partial charge in [0.1, 0.15) is 0 Å². The first kappa shape index (κ1) is 9.63. The Balaban J connectivity index is 2.52. The summed E-state index contributed by atoms with van der Waals surface area (Å²) in [6, 6.07) is 0. The van der Waals surface area contributed by atoms with E-state index in [1.54, 1.807) is 7.11 Å². The summed E-state index contributed by atoms with van der Waals surface area (Å²) in [5.41, 5.74) is 0.454. The summed E-state index contributed by atoms with van der Waals surface area (Å²) in [4.78, 5) is 0. The van der Waals surface area contributed by atoms with Crippen molar-refractivity contribution in [2.75, 3.05) is 7.11 Å². The zero-order valence-corrected chi connectivity index (χ0v) is 8.68. The van der Waals surface area contributed by atoms with Crippen LogP contribution in [0.3, 0.4) is 0 Å². The van der Waals surface area contributed by atoms with E-state index in [1.165, 1.54) is 18.6 Å². The van der Waals surface area contributed by atoms with Crippen molar-refractivity contribution in [1.82, 2.24) is 0 Å². The number of methoxy groups -OCH3 is 1. The minimum atomic E-state index is 0.454. The number of hydrogen-bond acceptors (Lipinski definition) is 1. The maximum absolute atomic E-state index is 5.21.